The van der Waals surface area contributed by atoms with Crippen LogP contribution < -0.4 is 5.73 Å². The summed E-state index contributed by atoms with van der Waals surface area (Å²) in [6, 6.07) is 0. The molecule has 0 bridgehead atoms. The van der Waals surface area contributed by atoms with Gasteiger partial charge in [-0.3, -0.25) is 4.79 Å². The van der Waals surface area contributed by atoms with E-state index >= 15 is 0 Å². The van der Waals surface area contributed by atoms with Gasteiger partial charge in [0.1, 0.15) is 10.8 Å². The van der Waals surface area contributed by atoms with Gasteiger partial charge >= 0.3 is 0 Å². The third-order valence-corrected chi connectivity index (χ3v) is 2.94. The zero-order valence-electron chi connectivity index (χ0n) is 9.54. The zero-order valence-corrected chi connectivity index (χ0v) is 10.4. The van der Waals surface area contributed by atoms with Crippen molar-refractivity contribution in [2.75, 3.05) is 6.54 Å². The fourth-order valence-corrected chi connectivity index (χ4v) is 2.20. The van der Waals surface area contributed by atoms with Crippen molar-refractivity contribution in [1.82, 2.24) is 4.98 Å². The summed E-state index contributed by atoms with van der Waals surface area (Å²) in [7, 11) is 0. The molecule has 0 radical (unpaired) electrons. The number of aromatic nitrogens is 1. The lowest BCUT2D eigenvalue weighted by atomic mass is 9.93. The monoisotopic (exact) mass is 226 g/mol. The molecule has 1 aromatic rings. The highest BCUT2D eigenvalue weighted by Crippen LogP contribution is 2.24. The lowest BCUT2D eigenvalue weighted by molar-refractivity contribution is -0.118. The molecule has 0 aromatic carbocycles. The number of rotatable bonds is 4. The van der Waals surface area contributed by atoms with E-state index in [2.05, 4.69) is 25.8 Å². The fraction of sp³-hybridized carbons (Fsp3) is 0.636. The summed E-state index contributed by atoms with van der Waals surface area (Å²) in [6.07, 6.45) is 0.877. The Kier molecular flexibility index (Phi) is 3.99. The van der Waals surface area contributed by atoms with Crippen LogP contribution in [-0.4, -0.2) is 17.3 Å². The first-order valence-corrected chi connectivity index (χ1v) is 5.98. The van der Waals surface area contributed by atoms with Crippen molar-refractivity contribution >= 4 is 17.1 Å². The molecule has 3 nitrogen and oxygen atoms in total. The van der Waals surface area contributed by atoms with Crippen LogP contribution in [0.5, 0.6) is 0 Å². The van der Waals surface area contributed by atoms with Gasteiger partial charge < -0.3 is 5.73 Å². The third-order valence-electron chi connectivity index (χ3n) is 2.09. The van der Waals surface area contributed by atoms with E-state index < -0.39 is 0 Å². The van der Waals surface area contributed by atoms with Gasteiger partial charge in [-0.15, -0.1) is 11.3 Å². The van der Waals surface area contributed by atoms with Crippen LogP contribution in [0.3, 0.4) is 0 Å². The summed E-state index contributed by atoms with van der Waals surface area (Å²) in [5.74, 6) is 0.173. The van der Waals surface area contributed by atoms with Gasteiger partial charge in [-0.05, 0) is 6.54 Å². The molecule has 0 saturated heterocycles. The van der Waals surface area contributed by atoms with Crippen LogP contribution in [0.2, 0.25) is 0 Å². The minimum atomic E-state index is 0.0612. The first-order chi connectivity index (χ1) is 6.93. The van der Waals surface area contributed by atoms with E-state index in [0.717, 1.165) is 10.7 Å². The maximum absolute atomic E-state index is 11.4. The summed E-state index contributed by atoms with van der Waals surface area (Å²) >= 11 is 1.56. The van der Waals surface area contributed by atoms with Crippen molar-refractivity contribution in [2.24, 2.45) is 5.73 Å². The molecule has 1 aromatic heterocycles. The van der Waals surface area contributed by atoms with Gasteiger partial charge in [0.05, 0.1) is 12.1 Å². The summed E-state index contributed by atoms with van der Waals surface area (Å²) in [5.41, 5.74) is 6.44. The highest BCUT2D eigenvalue weighted by Gasteiger charge is 2.17. The Labute approximate surface area is 94.7 Å². The van der Waals surface area contributed by atoms with Crippen LogP contribution in [0, 0.1) is 0 Å². The van der Waals surface area contributed by atoms with E-state index in [9.17, 15) is 4.79 Å². The normalized spacial score (nSPS) is 11.7. The summed E-state index contributed by atoms with van der Waals surface area (Å²) < 4.78 is 0. The predicted molar refractivity (Wildman–Crippen MR) is 63.2 cm³/mol. The van der Waals surface area contributed by atoms with E-state index in [1.807, 2.05) is 5.38 Å². The Bertz CT molecular complexity index is 339. The number of Topliss-reactive ketones (excluding diaryl/α,β-unsaturated/α-hetero) is 1. The highest BCUT2D eigenvalue weighted by molar-refractivity contribution is 7.09. The topological polar surface area (TPSA) is 56.0 Å². The molecule has 0 unspecified atom stereocenters. The number of thiazole rings is 1. The molecule has 1 heterocycles. The molecule has 2 N–H and O–H groups in total. The number of hydrogen-bond donors (Lipinski definition) is 1. The number of carbonyl (C=O) groups is 1. The van der Waals surface area contributed by atoms with Crippen molar-refractivity contribution in [3.05, 3.63) is 16.1 Å². The quantitative estimate of drug-likeness (QED) is 0.853. The first kappa shape index (κ1) is 12.3. The number of nitrogens with zero attached hydrogens (tertiary/aromatic N) is 1. The second-order valence-electron chi connectivity index (χ2n) is 4.63. The molecule has 0 aliphatic rings. The Hall–Kier alpha value is -0.740. The third kappa shape index (κ3) is 3.72. The van der Waals surface area contributed by atoms with Crippen LogP contribution in [0.1, 0.15) is 37.9 Å². The molecule has 1 rings (SSSR count). The molecule has 84 valence electrons. The predicted octanol–water partition coefficient (Wildman–Crippen LogP) is 1.90. The van der Waals surface area contributed by atoms with Crippen LogP contribution in [0.25, 0.3) is 0 Å². The maximum atomic E-state index is 11.4. The van der Waals surface area contributed by atoms with Crippen LogP contribution in [-0.2, 0) is 16.6 Å². The Morgan fingerprint density at radius 1 is 1.53 bits per heavy atom. The van der Waals surface area contributed by atoms with Crippen LogP contribution >= 0.6 is 11.3 Å². The second kappa shape index (κ2) is 4.86. The standard InChI is InChI=1S/C11H18N2OS/c1-11(2,3)9-7-15-10(13-9)6-8(14)4-5-12/h7H,4-6,12H2,1-3H3. The van der Waals surface area contributed by atoms with Gasteiger partial charge in [-0.25, -0.2) is 4.98 Å². The molecule has 0 aliphatic heterocycles. The van der Waals surface area contributed by atoms with Crippen molar-refractivity contribution < 1.29 is 4.79 Å². The average molecular weight is 226 g/mol. The van der Waals surface area contributed by atoms with E-state index in [4.69, 9.17) is 5.73 Å². The lowest BCUT2D eigenvalue weighted by Gasteiger charge is -2.14. The largest absolute Gasteiger partial charge is 0.330 e. The molecule has 0 fully saturated rings. The van der Waals surface area contributed by atoms with Gasteiger partial charge in [-0.1, -0.05) is 20.8 Å². The second-order valence-corrected chi connectivity index (χ2v) is 5.57. The number of carbonyl (C=O) groups excluding carboxylic acids is 1. The molecular formula is C11H18N2OS. The summed E-state index contributed by atoms with van der Waals surface area (Å²) in [4.78, 5) is 15.8. The van der Waals surface area contributed by atoms with Crippen molar-refractivity contribution in [1.29, 1.82) is 0 Å². The molecule has 0 saturated carbocycles. The van der Waals surface area contributed by atoms with Crippen molar-refractivity contribution in [3.8, 4) is 0 Å². The SMILES string of the molecule is CC(C)(C)c1csc(CC(=O)CCN)n1. The number of nitrogens with two attached hydrogens (primary N) is 1. The van der Waals surface area contributed by atoms with Gasteiger partial charge in [0.25, 0.3) is 0 Å². The fourth-order valence-electron chi connectivity index (χ4n) is 1.15. The van der Waals surface area contributed by atoms with Crippen molar-refractivity contribution in [3.63, 3.8) is 0 Å². The van der Waals surface area contributed by atoms with Crippen LogP contribution in [0.15, 0.2) is 5.38 Å². The molecule has 0 spiro atoms. The van der Waals surface area contributed by atoms with E-state index in [1.54, 1.807) is 11.3 Å². The molecule has 15 heavy (non-hydrogen) atoms. The Morgan fingerprint density at radius 3 is 2.67 bits per heavy atom. The average Bonchev–Trinajstić information content (AvgIpc) is 2.52. The molecular weight excluding hydrogens is 208 g/mol. The molecule has 0 aliphatic carbocycles. The minimum absolute atomic E-state index is 0.0612. The molecule has 0 atom stereocenters. The smallest absolute Gasteiger partial charge is 0.140 e. The maximum Gasteiger partial charge on any atom is 0.140 e. The van der Waals surface area contributed by atoms with E-state index in [-0.39, 0.29) is 11.2 Å². The van der Waals surface area contributed by atoms with Gasteiger partial charge in [0.2, 0.25) is 0 Å². The minimum Gasteiger partial charge on any atom is -0.330 e. The van der Waals surface area contributed by atoms with E-state index in [0.29, 0.717) is 19.4 Å². The van der Waals surface area contributed by atoms with Crippen molar-refractivity contribution in [2.45, 2.75) is 39.0 Å². The van der Waals surface area contributed by atoms with Crippen LogP contribution in [0.4, 0.5) is 0 Å². The first-order valence-electron chi connectivity index (χ1n) is 5.10. The Balaban J connectivity index is 2.65. The number of hydrogen-bond acceptors (Lipinski definition) is 4. The highest BCUT2D eigenvalue weighted by atomic mass is 32.1. The van der Waals surface area contributed by atoms with Gasteiger partial charge in [0.15, 0.2) is 0 Å². The van der Waals surface area contributed by atoms with Gasteiger partial charge in [-0.2, -0.15) is 0 Å². The zero-order chi connectivity index (χ0) is 11.5. The molecule has 0 amide bonds. The lowest BCUT2D eigenvalue weighted by Crippen LogP contribution is -2.13. The summed E-state index contributed by atoms with van der Waals surface area (Å²) in [6.45, 7) is 6.78. The Morgan fingerprint density at radius 2 is 2.20 bits per heavy atom. The summed E-state index contributed by atoms with van der Waals surface area (Å²) in [5, 5.41) is 2.93. The van der Waals surface area contributed by atoms with E-state index in [1.165, 1.54) is 0 Å². The van der Waals surface area contributed by atoms with Gasteiger partial charge in [0, 0.05) is 17.2 Å². The number of ketones is 1. The molecule has 4 heteroatoms.